The quantitative estimate of drug-likeness (QED) is 0.719. The van der Waals surface area contributed by atoms with Crippen LogP contribution in [0.4, 0.5) is 5.69 Å². The van der Waals surface area contributed by atoms with Crippen LogP contribution < -0.4 is 16.0 Å². The molecule has 0 aliphatic carbocycles. The van der Waals surface area contributed by atoms with Crippen LogP contribution in [0.25, 0.3) is 10.9 Å². The number of nitrogens with zero attached hydrogens (tertiary/aromatic N) is 3. The number of nitrogens with one attached hydrogen (secondary N) is 1. The molecule has 0 unspecified atom stereocenters. The topological polar surface area (TPSA) is 104 Å². The molecule has 2 aromatic heterocycles. The fourth-order valence-corrected chi connectivity index (χ4v) is 2.94. The monoisotopic (exact) mass is 315 g/mol. The molecule has 0 bridgehead atoms. The number of aromatic nitrogens is 2. The number of aliphatic hydroxyl groups is 1. The van der Waals surface area contributed by atoms with Gasteiger partial charge in [-0.25, -0.2) is 0 Å². The summed E-state index contributed by atoms with van der Waals surface area (Å²) in [5.41, 5.74) is 6.31. The molecule has 1 aliphatic heterocycles. The summed E-state index contributed by atoms with van der Waals surface area (Å²) >= 11 is 0. The lowest BCUT2D eigenvalue weighted by Gasteiger charge is -2.25. The van der Waals surface area contributed by atoms with Gasteiger partial charge in [0.25, 0.3) is 0 Å². The molecule has 7 heteroatoms. The standard InChI is InChI=1S/C16H21N5O2/c17-5-1-15(22)20-10-16(23)4-8-21(11-16)14-3-7-19-13-2-6-18-9-12(13)14/h2-3,6-7,9,23H,1,4-5,8,10-11,17H2,(H,20,22)/t16-/m0/s1. The molecule has 122 valence electrons. The Labute approximate surface area is 134 Å². The minimum atomic E-state index is -0.929. The Bertz CT molecular complexity index is 702. The van der Waals surface area contributed by atoms with E-state index in [-0.39, 0.29) is 18.9 Å². The summed E-state index contributed by atoms with van der Waals surface area (Å²) in [5.74, 6) is -0.127. The highest BCUT2D eigenvalue weighted by Crippen LogP contribution is 2.30. The lowest BCUT2D eigenvalue weighted by Crippen LogP contribution is -2.45. The SMILES string of the molecule is NCCC(=O)NC[C@@]1(O)CCN(c2ccnc3ccncc23)C1. The van der Waals surface area contributed by atoms with Crippen molar-refractivity contribution in [2.24, 2.45) is 5.73 Å². The van der Waals surface area contributed by atoms with Gasteiger partial charge in [0, 0.05) is 62.3 Å². The third-order valence-electron chi connectivity index (χ3n) is 4.18. The number of rotatable bonds is 5. The van der Waals surface area contributed by atoms with Crippen LogP contribution in [0, 0.1) is 0 Å². The van der Waals surface area contributed by atoms with E-state index in [2.05, 4.69) is 20.2 Å². The molecular formula is C16H21N5O2. The second-order valence-corrected chi connectivity index (χ2v) is 5.93. The minimum absolute atomic E-state index is 0.127. The summed E-state index contributed by atoms with van der Waals surface area (Å²) in [6.45, 7) is 1.73. The Balaban J connectivity index is 1.72. The average Bonchev–Trinajstić information content (AvgIpc) is 2.95. The number of pyridine rings is 2. The van der Waals surface area contributed by atoms with E-state index in [4.69, 9.17) is 5.73 Å². The molecule has 0 aromatic carbocycles. The van der Waals surface area contributed by atoms with Gasteiger partial charge in [0.2, 0.25) is 5.91 Å². The first-order valence-corrected chi connectivity index (χ1v) is 7.74. The maximum absolute atomic E-state index is 11.5. The van der Waals surface area contributed by atoms with Gasteiger partial charge >= 0.3 is 0 Å². The molecule has 1 aliphatic rings. The molecule has 0 radical (unpaired) electrons. The van der Waals surface area contributed by atoms with E-state index in [9.17, 15) is 9.90 Å². The molecule has 3 rings (SSSR count). The van der Waals surface area contributed by atoms with Crippen LogP contribution >= 0.6 is 0 Å². The molecule has 1 amide bonds. The smallest absolute Gasteiger partial charge is 0.221 e. The molecule has 23 heavy (non-hydrogen) atoms. The van der Waals surface area contributed by atoms with Gasteiger partial charge in [0.05, 0.1) is 5.52 Å². The first-order chi connectivity index (χ1) is 11.1. The van der Waals surface area contributed by atoms with Crippen molar-refractivity contribution in [3.63, 3.8) is 0 Å². The third kappa shape index (κ3) is 3.40. The second kappa shape index (κ2) is 6.47. The Kier molecular flexibility index (Phi) is 4.40. The Hall–Kier alpha value is -2.25. The molecule has 4 N–H and O–H groups in total. The zero-order valence-corrected chi connectivity index (χ0v) is 12.9. The van der Waals surface area contributed by atoms with Gasteiger partial charge in [-0.15, -0.1) is 0 Å². The van der Waals surface area contributed by atoms with Crippen LogP contribution in [-0.4, -0.2) is 52.8 Å². The van der Waals surface area contributed by atoms with Crippen molar-refractivity contribution in [2.45, 2.75) is 18.4 Å². The van der Waals surface area contributed by atoms with Gasteiger partial charge < -0.3 is 21.1 Å². The predicted molar refractivity (Wildman–Crippen MR) is 88.0 cm³/mol. The van der Waals surface area contributed by atoms with Crippen LogP contribution in [0.2, 0.25) is 0 Å². The van der Waals surface area contributed by atoms with Gasteiger partial charge in [-0.1, -0.05) is 0 Å². The molecular weight excluding hydrogens is 294 g/mol. The molecule has 0 saturated carbocycles. The predicted octanol–water partition coefficient (Wildman–Crippen LogP) is 0.0360. The number of hydrogen-bond donors (Lipinski definition) is 3. The van der Waals surface area contributed by atoms with Crippen molar-refractivity contribution in [1.29, 1.82) is 0 Å². The van der Waals surface area contributed by atoms with Gasteiger partial charge in [-0.3, -0.25) is 14.8 Å². The number of carbonyl (C=O) groups is 1. The van der Waals surface area contributed by atoms with Crippen molar-refractivity contribution in [3.05, 3.63) is 30.7 Å². The van der Waals surface area contributed by atoms with E-state index >= 15 is 0 Å². The molecule has 2 aromatic rings. The number of carbonyl (C=O) groups excluding carboxylic acids is 1. The number of hydrogen-bond acceptors (Lipinski definition) is 6. The lowest BCUT2D eigenvalue weighted by molar-refractivity contribution is -0.122. The third-order valence-corrected chi connectivity index (χ3v) is 4.18. The summed E-state index contributed by atoms with van der Waals surface area (Å²) in [6.07, 6.45) is 6.14. The van der Waals surface area contributed by atoms with Crippen molar-refractivity contribution < 1.29 is 9.90 Å². The van der Waals surface area contributed by atoms with Gasteiger partial charge in [0.15, 0.2) is 0 Å². The van der Waals surface area contributed by atoms with E-state index in [0.717, 1.165) is 23.1 Å². The average molecular weight is 315 g/mol. The summed E-state index contributed by atoms with van der Waals surface area (Å²) in [4.78, 5) is 22.1. The van der Waals surface area contributed by atoms with E-state index < -0.39 is 5.60 Å². The minimum Gasteiger partial charge on any atom is -0.386 e. The van der Waals surface area contributed by atoms with Crippen LogP contribution in [0.15, 0.2) is 30.7 Å². The van der Waals surface area contributed by atoms with Crippen molar-refractivity contribution >= 4 is 22.5 Å². The molecule has 1 fully saturated rings. The van der Waals surface area contributed by atoms with Crippen LogP contribution in [-0.2, 0) is 4.79 Å². The highest BCUT2D eigenvalue weighted by molar-refractivity contribution is 5.90. The molecule has 3 heterocycles. The summed E-state index contributed by atoms with van der Waals surface area (Å²) in [5, 5.41) is 14.4. The molecule has 1 atom stereocenters. The highest BCUT2D eigenvalue weighted by Gasteiger charge is 2.36. The van der Waals surface area contributed by atoms with E-state index in [0.29, 0.717) is 19.5 Å². The Morgan fingerprint density at radius 3 is 3.13 bits per heavy atom. The zero-order chi connectivity index (χ0) is 16.3. The number of β-amino-alcohol motifs (C(OH)–C–C–N with tert-alkyl or cyclic N) is 1. The maximum Gasteiger partial charge on any atom is 0.221 e. The molecule has 1 saturated heterocycles. The first kappa shape index (κ1) is 15.6. The number of amides is 1. The number of nitrogens with two attached hydrogens (primary N) is 1. The van der Waals surface area contributed by atoms with Crippen molar-refractivity contribution in [3.8, 4) is 0 Å². The van der Waals surface area contributed by atoms with Gasteiger partial charge in [-0.2, -0.15) is 0 Å². The van der Waals surface area contributed by atoms with Gasteiger partial charge in [-0.05, 0) is 18.6 Å². The fourth-order valence-electron chi connectivity index (χ4n) is 2.94. The summed E-state index contributed by atoms with van der Waals surface area (Å²) < 4.78 is 0. The van der Waals surface area contributed by atoms with Crippen LogP contribution in [0.3, 0.4) is 0 Å². The van der Waals surface area contributed by atoms with Gasteiger partial charge in [0.1, 0.15) is 5.60 Å². The zero-order valence-electron chi connectivity index (χ0n) is 12.9. The van der Waals surface area contributed by atoms with Crippen molar-refractivity contribution in [1.82, 2.24) is 15.3 Å². The second-order valence-electron chi connectivity index (χ2n) is 5.93. The number of anilines is 1. The first-order valence-electron chi connectivity index (χ1n) is 7.74. The van der Waals surface area contributed by atoms with Crippen LogP contribution in [0.5, 0.6) is 0 Å². The fraction of sp³-hybridized carbons (Fsp3) is 0.438. The molecule has 7 nitrogen and oxygen atoms in total. The lowest BCUT2D eigenvalue weighted by atomic mass is 10.0. The van der Waals surface area contributed by atoms with E-state index in [1.54, 1.807) is 18.6 Å². The van der Waals surface area contributed by atoms with Crippen LogP contribution in [0.1, 0.15) is 12.8 Å². The highest BCUT2D eigenvalue weighted by atomic mass is 16.3. The Morgan fingerprint density at radius 2 is 2.30 bits per heavy atom. The number of fused-ring (bicyclic) bond motifs is 1. The van der Waals surface area contributed by atoms with Crippen molar-refractivity contribution in [2.75, 3.05) is 31.1 Å². The largest absolute Gasteiger partial charge is 0.386 e. The molecule has 0 spiro atoms. The summed E-state index contributed by atoms with van der Waals surface area (Å²) in [7, 11) is 0. The normalized spacial score (nSPS) is 20.9. The summed E-state index contributed by atoms with van der Waals surface area (Å²) in [6, 6.07) is 3.80. The van der Waals surface area contributed by atoms with E-state index in [1.165, 1.54) is 0 Å². The van der Waals surface area contributed by atoms with E-state index in [1.807, 2.05) is 12.1 Å². The Morgan fingerprint density at radius 1 is 1.43 bits per heavy atom. The maximum atomic E-state index is 11.5.